The van der Waals surface area contributed by atoms with E-state index in [4.69, 9.17) is 24.1 Å². The molecule has 0 radical (unpaired) electrons. The van der Waals surface area contributed by atoms with Crippen LogP contribution in [0.3, 0.4) is 0 Å². The molecule has 0 bridgehead atoms. The first kappa shape index (κ1) is 32.8. The molecule has 1 aliphatic heterocycles. The summed E-state index contributed by atoms with van der Waals surface area (Å²) in [4.78, 5) is 2.56. The molecular formula is C34H46Cl2N2ORu. The maximum atomic E-state index is 5.82. The summed E-state index contributed by atoms with van der Waals surface area (Å²) in [7, 11) is 14.0. The van der Waals surface area contributed by atoms with Crippen molar-refractivity contribution < 1.29 is 18.3 Å². The molecular weight excluding hydrogens is 624 g/mol. The number of likely N-dealkylation sites (N-methyl/N-ethyl adjacent to an activating group) is 1. The van der Waals surface area contributed by atoms with Gasteiger partial charge in [-0.25, -0.2) is 0 Å². The molecule has 6 heteroatoms. The smallest absolute Gasteiger partial charge is 0.107 e. The van der Waals surface area contributed by atoms with Crippen LogP contribution in [0.4, 0.5) is 11.4 Å². The summed E-state index contributed by atoms with van der Waals surface area (Å²) in [6.07, 6.45) is 0.163. The number of hydrogen-bond donors (Lipinski definition) is 0. The van der Waals surface area contributed by atoms with Gasteiger partial charge in [-0.15, -0.1) is 0 Å². The van der Waals surface area contributed by atoms with Crippen LogP contribution < -0.4 is 14.1 Å². The molecule has 4 rings (SSSR count). The van der Waals surface area contributed by atoms with E-state index in [1.165, 1.54) is 22.5 Å². The summed E-state index contributed by atoms with van der Waals surface area (Å²) >= 11 is -1.77. The first-order valence-corrected chi connectivity index (χ1v) is 19.5. The maximum absolute atomic E-state index is 5.82. The van der Waals surface area contributed by atoms with E-state index in [1.807, 2.05) is 42.7 Å². The minimum absolute atomic E-state index is 0.0548. The van der Waals surface area contributed by atoms with E-state index in [1.54, 1.807) is 0 Å². The quantitative estimate of drug-likeness (QED) is 0.141. The Morgan fingerprint density at radius 2 is 1.40 bits per heavy atom. The standard InChI is InChI=1S/C24H34N2.C10H12O.2ClH.Ru/c1-18(2)21-14-11-15-22(19(3)4)23(21)25-17-26(7,16-24(25,5)6)20-12-9-8-10-13-20;1-8(2)11-10-7-5-4-6-9(10)3;;;/h8-15,17-19H,16H2,1-7H3;3-8H,1-2H3;2*1H;/q;;;;+2/p-2. The van der Waals surface area contributed by atoms with Crippen molar-refractivity contribution in [2.45, 2.75) is 78.9 Å². The van der Waals surface area contributed by atoms with Gasteiger partial charge in [0.2, 0.25) is 0 Å². The number of rotatable bonds is 7. The van der Waals surface area contributed by atoms with Gasteiger partial charge in [0, 0.05) is 12.7 Å². The molecule has 0 aromatic heterocycles. The molecule has 1 atom stereocenters. The van der Waals surface area contributed by atoms with Gasteiger partial charge >= 0.3 is 97.8 Å². The van der Waals surface area contributed by atoms with Gasteiger partial charge < -0.3 is 9.38 Å². The molecule has 3 nitrogen and oxygen atoms in total. The van der Waals surface area contributed by atoms with E-state index in [0.29, 0.717) is 11.8 Å². The predicted molar refractivity (Wildman–Crippen MR) is 174 cm³/mol. The third-order valence-corrected chi connectivity index (χ3v) is 8.97. The van der Waals surface area contributed by atoms with Crippen LogP contribution in [0.1, 0.15) is 83.9 Å². The number of ether oxygens (including phenoxy) is 1. The monoisotopic (exact) mass is 670 g/mol. The van der Waals surface area contributed by atoms with Crippen LogP contribution >= 0.6 is 19.4 Å². The minimum atomic E-state index is -1.77. The maximum Gasteiger partial charge on any atom is 0.107 e. The second-order valence-electron chi connectivity index (χ2n) is 12.2. The van der Waals surface area contributed by atoms with E-state index in [2.05, 4.69) is 109 Å². The SMILES string of the molecule is CC(C)Oc1ccccc1[CH]=[Ru]([Cl])[Cl].CC(C)c1cccc(C(C)C)c1N1[CH-][N+](C)(c2ccccc2)CC1(C)C. The summed E-state index contributed by atoms with van der Waals surface area (Å²) in [6, 6.07) is 25.5. The van der Waals surface area contributed by atoms with E-state index < -0.39 is 13.5 Å². The molecule has 1 heterocycles. The molecule has 0 N–H and O–H groups in total. The second-order valence-corrected chi connectivity index (χ2v) is 17.9. The van der Waals surface area contributed by atoms with Crippen LogP contribution in [0, 0.1) is 6.67 Å². The summed E-state index contributed by atoms with van der Waals surface area (Å²) in [5, 5.41) is 0. The molecule has 0 aliphatic carbocycles. The van der Waals surface area contributed by atoms with Gasteiger partial charge in [0.25, 0.3) is 0 Å². The van der Waals surface area contributed by atoms with Gasteiger partial charge in [0.05, 0.1) is 12.1 Å². The molecule has 220 valence electrons. The average Bonchev–Trinajstić information content (AvgIpc) is 3.14. The Labute approximate surface area is 256 Å². The molecule has 0 spiro atoms. The predicted octanol–water partition coefficient (Wildman–Crippen LogP) is 9.84. The summed E-state index contributed by atoms with van der Waals surface area (Å²) in [6.45, 7) is 21.4. The first-order chi connectivity index (χ1) is 18.7. The molecule has 0 amide bonds. The molecule has 0 saturated carbocycles. The Kier molecular flexibility index (Phi) is 11.5. The Bertz CT molecular complexity index is 1260. The zero-order chi connectivity index (χ0) is 29.7. The van der Waals surface area contributed by atoms with Crippen molar-refractivity contribution in [3.63, 3.8) is 0 Å². The van der Waals surface area contributed by atoms with E-state index in [0.717, 1.165) is 22.3 Å². The van der Waals surface area contributed by atoms with Crippen LogP contribution in [-0.4, -0.2) is 29.8 Å². The van der Waals surface area contributed by atoms with Gasteiger partial charge in [0.15, 0.2) is 0 Å². The molecule has 1 unspecified atom stereocenters. The van der Waals surface area contributed by atoms with Gasteiger partial charge in [-0.2, -0.15) is 0 Å². The number of nitrogens with zero attached hydrogens (tertiary/aromatic N) is 2. The van der Waals surface area contributed by atoms with Crippen molar-refractivity contribution in [2.24, 2.45) is 0 Å². The topological polar surface area (TPSA) is 12.5 Å². The Balaban J connectivity index is 0.000000267. The Hall–Kier alpha value is -1.71. The molecule has 3 aromatic rings. The number of quaternary nitrogens is 1. The third kappa shape index (κ3) is 8.19. The fourth-order valence-corrected chi connectivity index (χ4v) is 7.22. The molecule has 3 aromatic carbocycles. The van der Waals surface area contributed by atoms with Crippen LogP contribution in [0.25, 0.3) is 0 Å². The van der Waals surface area contributed by atoms with Gasteiger partial charge in [0.1, 0.15) is 5.69 Å². The van der Waals surface area contributed by atoms with Crippen LogP contribution in [-0.2, 0) is 13.5 Å². The summed E-state index contributed by atoms with van der Waals surface area (Å²) < 4.78 is 8.35. The fourth-order valence-electron chi connectivity index (χ4n) is 5.42. The second kappa shape index (κ2) is 14.0. The minimum Gasteiger partial charge on any atom is -0.460 e. The number of hydrogen-bond acceptors (Lipinski definition) is 2. The van der Waals surface area contributed by atoms with Gasteiger partial charge in [-0.3, -0.25) is 0 Å². The first-order valence-electron chi connectivity index (χ1n) is 14.0. The Morgan fingerprint density at radius 1 is 0.850 bits per heavy atom. The zero-order valence-electron chi connectivity index (χ0n) is 25.4. The van der Waals surface area contributed by atoms with Crippen LogP contribution in [0.5, 0.6) is 5.75 Å². The van der Waals surface area contributed by atoms with E-state index in [-0.39, 0.29) is 11.6 Å². The van der Waals surface area contributed by atoms with Crippen molar-refractivity contribution in [2.75, 3.05) is 18.5 Å². The summed E-state index contributed by atoms with van der Waals surface area (Å²) in [5.41, 5.74) is 6.70. The number of anilines is 1. The average molecular weight is 671 g/mol. The normalized spacial score (nSPS) is 18.6. The fraction of sp³-hybridized carbons (Fsp3) is 0.412. The number of halogens is 2. The molecule has 1 aliphatic rings. The van der Waals surface area contributed by atoms with E-state index in [9.17, 15) is 0 Å². The third-order valence-electron chi connectivity index (χ3n) is 7.14. The zero-order valence-corrected chi connectivity index (χ0v) is 28.7. The number of para-hydroxylation sites is 3. The van der Waals surface area contributed by atoms with Crippen LogP contribution in [0.2, 0.25) is 0 Å². The molecule has 40 heavy (non-hydrogen) atoms. The summed E-state index contributed by atoms with van der Waals surface area (Å²) in [5.74, 6) is 1.86. The largest absolute Gasteiger partial charge is 0.460 e. The van der Waals surface area contributed by atoms with Gasteiger partial charge in [-0.05, 0) is 55.6 Å². The van der Waals surface area contributed by atoms with Crippen molar-refractivity contribution in [3.05, 3.63) is 96.2 Å². The molecule has 1 fully saturated rings. The van der Waals surface area contributed by atoms with Crippen molar-refractivity contribution in [3.8, 4) is 5.75 Å². The van der Waals surface area contributed by atoms with Gasteiger partial charge in [-0.1, -0.05) is 64.1 Å². The van der Waals surface area contributed by atoms with E-state index >= 15 is 0 Å². The van der Waals surface area contributed by atoms with Crippen molar-refractivity contribution in [1.82, 2.24) is 4.48 Å². The Morgan fingerprint density at radius 3 is 1.93 bits per heavy atom. The van der Waals surface area contributed by atoms with Crippen molar-refractivity contribution >= 4 is 35.4 Å². The molecule has 1 saturated heterocycles. The van der Waals surface area contributed by atoms with Crippen molar-refractivity contribution in [1.29, 1.82) is 0 Å². The van der Waals surface area contributed by atoms with Crippen LogP contribution in [0.15, 0.2) is 72.8 Å². The number of benzene rings is 3.